The number of esters is 1. The summed E-state index contributed by atoms with van der Waals surface area (Å²) in [5, 5.41) is 0. The topological polar surface area (TPSA) is 26.3 Å². The highest BCUT2D eigenvalue weighted by Gasteiger charge is 2.51. The summed E-state index contributed by atoms with van der Waals surface area (Å²) >= 11 is 2.47. The molecule has 9 heteroatoms. The molecule has 0 fully saturated rings. The van der Waals surface area contributed by atoms with Crippen LogP contribution in [0.5, 0.6) is 0 Å². The molecule has 0 aromatic heterocycles. The second-order valence-electron chi connectivity index (χ2n) is 3.87. The number of rotatable bonds is 5. The molecule has 0 aliphatic rings. The number of hydrogen-bond donors (Lipinski definition) is 0. The molecule has 0 spiro atoms. The minimum absolute atomic E-state index is 0.409. The third kappa shape index (κ3) is 4.86. The van der Waals surface area contributed by atoms with E-state index in [9.17, 15) is 31.1 Å². The second-order valence-corrected chi connectivity index (χ2v) is 4.66. The molecule has 1 aromatic rings. The van der Waals surface area contributed by atoms with Gasteiger partial charge in [0.25, 0.3) is 6.43 Å². The van der Waals surface area contributed by atoms with Crippen LogP contribution >= 0.6 is 15.9 Å². The maximum absolute atomic E-state index is 13.9. The third-order valence-electron chi connectivity index (χ3n) is 2.51. The summed E-state index contributed by atoms with van der Waals surface area (Å²) < 4.78 is 82.6. The first-order valence-corrected chi connectivity index (χ1v) is 7.38. The van der Waals surface area contributed by atoms with Gasteiger partial charge in [-0.15, -0.1) is 0 Å². The molecule has 132 valence electrons. The Hall–Kier alpha value is -1.25. The van der Waals surface area contributed by atoms with E-state index in [2.05, 4.69) is 20.7 Å². The fraction of sp³-hybridized carbons (Fsp3) is 0.500. The fourth-order valence-electron chi connectivity index (χ4n) is 1.51. The van der Waals surface area contributed by atoms with Gasteiger partial charge in [0, 0.05) is 10.0 Å². The summed E-state index contributed by atoms with van der Waals surface area (Å²) in [6.07, 6.45) is -6.60. The Kier molecular flexibility index (Phi) is 8.65. The largest absolute Gasteiger partial charge is 0.461 e. The van der Waals surface area contributed by atoms with E-state index in [0.29, 0.717) is 12.1 Å². The zero-order valence-electron chi connectivity index (χ0n) is 12.5. The molecule has 0 saturated heterocycles. The molecule has 23 heavy (non-hydrogen) atoms. The highest BCUT2D eigenvalue weighted by atomic mass is 79.9. The zero-order valence-corrected chi connectivity index (χ0v) is 14.1. The molecule has 1 unspecified atom stereocenters. The van der Waals surface area contributed by atoms with E-state index in [-0.39, 0.29) is 0 Å². The Labute approximate surface area is 137 Å². The first-order chi connectivity index (χ1) is 10.6. The van der Waals surface area contributed by atoms with Gasteiger partial charge in [-0.05, 0) is 28.9 Å². The highest BCUT2D eigenvalue weighted by molar-refractivity contribution is 9.10. The van der Waals surface area contributed by atoms with E-state index in [4.69, 9.17) is 0 Å². The average molecular weight is 409 g/mol. The molecule has 0 amide bonds. The molecule has 0 bridgehead atoms. The number of benzene rings is 1. The SMILES string of the molecule is CC.CCOC(=O)C(F)(F)C(F)c1ccc(F)c(C(F)F)c1Br. The summed E-state index contributed by atoms with van der Waals surface area (Å²) in [7, 11) is 0. The third-order valence-corrected chi connectivity index (χ3v) is 3.40. The smallest absolute Gasteiger partial charge is 0.380 e. The van der Waals surface area contributed by atoms with Crippen LogP contribution in [0.25, 0.3) is 0 Å². The van der Waals surface area contributed by atoms with Crippen LogP contribution in [0, 0.1) is 5.82 Å². The quantitative estimate of drug-likeness (QED) is 0.457. The minimum atomic E-state index is -4.59. The van der Waals surface area contributed by atoms with E-state index in [0.717, 1.165) is 0 Å². The molecule has 0 radical (unpaired) electrons. The fourth-order valence-corrected chi connectivity index (χ4v) is 2.20. The van der Waals surface area contributed by atoms with Gasteiger partial charge in [-0.3, -0.25) is 0 Å². The van der Waals surface area contributed by atoms with E-state index in [1.165, 1.54) is 6.92 Å². The van der Waals surface area contributed by atoms with Crippen molar-refractivity contribution in [2.75, 3.05) is 6.61 Å². The van der Waals surface area contributed by atoms with Gasteiger partial charge >= 0.3 is 11.9 Å². The van der Waals surface area contributed by atoms with Gasteiger partial charge in [-0.2, -0.15) is 8.78 Å². The molecule has 0 saturated carbocycles. The maximum Gasteiger partial charge on any atom is 0.380 e. The summed E-state index contributed by atoms with van der Waals surface area (Å²) in [5.41, 5.74) is -2.22. The monoisotopic (exact) mass is 408 g/mol. The lowest BCUT2D eigenvalue weighted by atomic mass is 10.0. The number of carbonyl (C=O) groups is 1. The van der Waals surface area contributed by atoms with E-state index in [1.807, 2.05) is 13.8 Å². The molecule has 1 aromatic carbocycles. The van der Waals surface area contributed by atoms with Crippen molar-refractivity contribution >= 4 is 21.9 Å². The van der Waals surface area contributed by atoms with E-state index < -0.39 is 52.5 Å². The number of halogens is 7. The van der Waals surface area contributed by atoms with Gasteiger partial charge in [0.05, 0.1) is 12.2 Å². The summed E-state index contributed by atoms with van der Waals surface area (Å²) in [5.74, 6) is -8.10. The van der Waals surface area contributed by atoms with Crippen LogP contribution < -0.4 is 0 Å². The molecular formula is C14H15BrF6O2. The predicted molar refractivity (Wildman–Crippen MR) is 75.8 cm³/mol. The van der Waals surface area contributed by atoms with Crippen LogP contribution in [-0.4, -0.2) is 18.5 Å². The molecule has 0 N–H and O–H groups in total. The number of alkyl halides is 5. The average Bonchev–Trinajstić information content (AvgIpc) is 2.48. The van der Waals surface area contributed by atoms with E-state index >= 15 is 0 Å². The summed E-state index contributed by atoms with van der Waals surface area (Å²) in [4.78, 5) is 11.0. The van der Waals surface area contributed by atoms with Crippen molar-refractivity contribution in [2.24, 2.45) is 0 Å². The normalized spacial score (nSPS) is 12.5. The number of hydrogen-bond acceptors (Lipinski definition) is 2. The van der Waals surface area contributed by atoms with Gasteiger partial charge in [0.1, 0.15) is 5.82 Å². The Morgan fingerprint density at radius 3 is 2.22 bits per heavy atom. The second kappa shape index (κ2) is 9.14. The first-order valence-electron chi connectivity index (χ1n) is 6.59. The molecule has 0 heterocycles. The lowest BCUT2D eigenvalue weighted by Crippen LogP contribution is -2.35. The molecule has 0 aliphatic carbocycles. The van der Waals surface area contributed by atoms with Gasteiger partial charge in [-0.25, -0.2) is 22.4 Å². The predicted octanol–water partition coefficient (Wildman–Crippen LogP) is 5.76. The number of carbonyl (C=O) groups excluding carboxylic acids is 1. The van der Waals surface area contributed by atoms with Crippen molar-refractivity contribution in [3.63, 3.8) is 0 Å². The van der Waals surface area contributed by atoms with Crippen molar-refractivity contribution in [3.05, 3.63) is 33.5 Å². The van der Waals surface area contributed by atoms with Crippen LogP contribution in [0.3, 0.4) is 0 Å². The van der Waals surface area contributed by atoms with Crippen molar-refractivity contribution in [1.29, 1.82) is 0 Å². The van der Waals surface area contributed by atoms with Gasteiger partial charge in [-0.1, -0.05) is 19.9 Å². The van der Waals surface area contributed by atoms with E-state index in [1.54, 1.807) is 0 Å². The van der Waals surface area contributed by atoms with Crippen LogP contribution in [-0.2, 0) is 9.53 Å². The van der Waals surface area contributed by atoms with Crippen molar-refractivity contribution in [2.45, 2.75) is 39.3 Å². The Morgan fingerprint density at radius 1 is 1.26 bits per heavy atom. The van der Waals surface area contributed by atoms with Gasteiger partial charge < -0.3 is 4.74 Å². The van der Waals surface area contributed by atoms with Gasteiger partial charge in [0.15, 0.2) is 0 Å². The molecule has 0 aliphatic heterocycles. The standard InChI is InChI=1S/C12H9BrF6O2.C2H6/c1-2-21-11(20)12(18,19)9(15)5-3-4-6(14)7(8(5)13)10(16)17;1-2/h3-4,9-10H,2H2,1H3;1-2H3. The molecule has 1 rings (SSSR count). The van der Waals surface area contributed by atoms with Crippen LogP contribution in [0.4, 0.5) is 26.3 Å². The van der Waals surface area contributed by atoms with Crippen molar-refractivity contribution in [3.8, 4) is 0 Å². The highest BCUT2D eigenvalue weighted by Crippen LogP contribution is 2.42. The maximum atomic E-state index is 13.9. The van der Waals surface area contributed by atoms with Crippen LogP contribution in [0.2, 0.25) is 0 Å². The summed E-state index contributed by atoms with van der Waals surface area (Å²) in [6.45, 7) is 4.83. The van der Waals surface area contributed by atoms with Crippen LogP contribution in [0.15, 0.2) is 16.6 Å². The number of ether oxygens (including phenoxy) is 1. The Balaban J connectivity index is 0.00000232. The first kappa shape index (κ1) is 21.8. The Morgan fingerprint density at radius 2 is 1.78 bits per heavy atom. The molecule has 2 nitrogen and oxygen atoms in total. The lowest BCUT2D eigenvalue weighted by Gasteiger charge is -2.21. The molecule has 1 atom stereocenters. The minimum Gasteiger partial charge on any atom is -0.461 e. The van der Waals surface area contributed by atoms with Crippen molar-refractivity contribution in [1.82, 2.24) is 0 Å². The molecular weight excluding hydrogens is 394 g/mol. The lowest BCUT2D eigenvalue weighted by molar-refractivity contribution is -0.182. The summed E-state index contributed by atoms with van der Waals surface area (Å²) in [6, 6.07) is 0.985. The zero-order chi connectivity index (χ0) is 18.4. The Bertz CT molecular complexity index is 536. The van der Waals surface area contributed by atoms with Crippen LogP contribution in [0.1, 0.15) is 44.5 Å². The van der Waals surface area contributed by atoms with Gasteiger partial charge in [0.2, 0.25) is 6.17 Å². The van der Waals surface area contributed by atoms with Crippen molar-refractivity contribution < 1.29 is 35.9 Å².